The quantitative estimate of drug-likeness (QED) is 0.848. The summed E-state index contributed by atoms with van der Waals surface area (Å²) in [6.45, 7) is 0.333. The number of carbonyl (C=O) groups excluding carboxylic acids is 1. The van der Waals surface area contributed by atoms with Gasteiger partial charge in [0.2, 0.25) is 5.88 Å². The van der Waals surface area contributed by atoms with Crippen molar-refractivity contribution in [3.05, 3.63) is 47.7 Å². The summed E-state index contributed by atoms with van der Waals surface area (Å²) in [6.07, 6.45) is 3.21. The molecule has 5 nitrogen and oxygen atoms in total. The van der Waals surface area contributed by atoms with Crippen LogP contribution in [0.25, 0.3) is 0 Å². The van der Waals surface area contributed by atoms with Crippen LogP contribution in [0.5, 0.6) is 11.6 Å². The molecule has 2 aromatic rings. The van der Waals surface area contributed by atoms with E-state index in [1.807, 2.05) is 0 Å². The van der Waals surface area contributed by atoms with Crippen molar-refractivity contribution in [1.82, 2.24) is 4.98 Å². The Morgan fingerprint density at radius 3 is 2.67 bits per heavy atom. The number of halogens is 2. The van der Waals surface area contributed by atoms with Crippen LogP contribution in [0.2, 0.25) is 0 Å². The minimum absolute atomic E-state index is 0.0849. The number of rotatable bonds is 2. The highest BCUT2D eigenvalue weighted by atomic mass is 19.1. The molecule has 1 fully saturated rings. The van der Waals surface area contributed by atoms with Crippen molar-refractivity contribution >= 4 is 11.6 Å². The number of benzene rings is 1. The maximum Gasteiger partial charge on any atom is 0.258 e. The highest BCUT2D eigenvalue weighted by molar-refractivity contribution is 6.07. The molecule has 0 unspecified atom stereocenters. The van der Waals surface area contributed by atoms with Crippen molar-refractivity contribution in [2.75, 3.05) is 18.6 Å². The Bertz CT molecular complexity index is 813. The minimum Gasteiger partial charge on any atom is -0.491 e. The first-order valence-electron chi connectivity index (χ1n) is 7.52. The summed E-state index contributed by atoms with van der Waals surface area (Å²) in [5, 5.41) is 0. The Labute approximate surface area is 136 Å². The number of ether oxygens (including phenoxy) is 2. The summed E-state index contributed by atoms with van der Waals surface area (Å²) in [4.78, 5) is 18.5. The van der Waals surface area contributed by atoms with Crippen molar-refractivity contribution in [2.45, 2.75) is 18.4 Å². The fourth-order valence-corrected chi connectivity index (χ4v) is 2.89. The third-order valence-electron chi connectivity index (χ3n) is 4.30. The van der Waals surface area contributed by atoms with Crippen molar-refractivity contribution in [2.24, 2.45) is 0 Å². The van der Waals surface area contributed by atoms with Gasteiger partial charge in [0.15, 0.2) is 17.4 Å². The van der Waals surface area contributed by atoms with E-state index >= 15 is 0 Å². The van der Waals surface area contributed by atoms with Gasteiger partial charge in [-0.1, -0.05) is 0 Å². The molecule has 1 aliphatic carbocycles. The van der Waals surface area contributed by atoms with Crippen LogP contribution in [0.1, 0.15) is 23.2 Å². The van der Waals surface area contributed by atoms with Crippen LogP contribution in [-0.4, -0.2) is 30.1 Å². The zero-order valence-electron chi connectivity index (χ0n) is 12.9. The van der Waals surface area contributed by atoms with Gasteiger partial charge in [0.1, 0.15) is 11.3 Å². The number of nitrogens with zero attached hydrogens (tertiary/aromatic N) is 2. The number of aromatic nitrogens is 1. The molecule has 4 rings (SSSR count). The largest absolute Gasteiger partial charge is 0.491 e. The second kappa shape index (κ2) is 5.15. The number of amides is 1. The van der Waals surface area contributed by atoms with Gasteiger partial charge in [0.25, 0.3) is 5.91 Å². The summed E-state index contributed by atoms with van der Waals surface area (Å²) in [7, 11) is 1.17. The molecular formula is C17H14F2N2O3. The average molecular weight is 332 g/mol. The molecule has 1 amide bonds. The van der Waals surface area contributed by atoms with E-state index in [4.69, 9.17) is 4.74 Å². The highest BCUT2D eigenvalue weighted by Gasteiger charge is 2.51. The molecule has 1 saturated carbocycles. The molecular weight excluding hydrogens is 318 g/mol. The zero-order chi connectivity index (χ0) is 16.9. The normalized spacial score (nSPS) is 17.2. The standard InChI is InChI=1S/C17H14F2N2O3/c1-23-14-11(18)7-10(8-12(14)19)16(22)21-9-17(4-5-17)24-15-13(21)3-2-6-20-15/h2-3,6-8H,4-5,9H2,1H3. The fraction of sp³-hybridized carbons (Fsp3) is 0.294. The number of methoxy groups -OCH3 is 1. The summed E-state index contributed by atoms with van der Waals surface area (Å²) in [5.41, 5.74) is -0.0180. The van der Waals surface area contributed by atoms with Crippen LogP contribution in [0.3, 0.4) is 0 Å². The lowest BCUT2D eigenvalue weighted by Crippen LogP contribution is -2.45. The van der Waals surface area contributed by atoms with E-state index < -0.39 is 28.9 Å². The van der Waals surface area contributed by atoms with Crippen molar-refractivity contribution in [1.29, 1.82) is 0 Å². The van der Waals surface area contributed by atoms with Gasteiger partial charge >= 0.3 is 0 Å². The first-order valence-corrected chi connectivity index (χ1v) is 7.52. The SMILES string of the molecule is COc1c(F)cc(C(=O)N2CC3(CC3)Oc3ncccc32)cc1F. The van der Waals surface area contributed by atoms with E-state index in [9.17, 15) is 13.6 Å². The molecule has 2 aliphatic rings. The second-order valence-electron chi connectivity index (χ2n) is 5.98. The molecule has 124 valence electrons. The molecule has 1 aromatic carbocycles. The van der Waals surface area contributed by atoms with Crippen LogP contribution in [0, 0.1) is 11.6 Å². The fourth-order valence-electron chi connectivity index (χ4n) is 2.89. The van der Waals surface area contributed by atoms with Crippen LogP contribution < -0.4 is 14.4 Å². The Balaban J connectivity index is 1.75. The second-order valence-corrected chi connectivity index (χ2v) is 5.98. The predicted molar refractivity (Wildman–Crippen MR) is 81.4 cm³/mol. The van der Waals surface area contributed by atoms with E-state index in [-0.39, 0.29) is 5.56 Å². The van der Waals surface area contributed by atoms with Crippen LogP contribution in [0.4, 0.5) is 14.5 Å². The van der Waals surface area contributed by atoms with Gasteiger partial charge in [-0.05, 0) is 37.1 Å². The molecule has 1 aromatic heterocycles. The van der Waals surface area contributed by atoms with Crippen molar-refractivity contribution in [3.8, 4) is 11.6 Å². The molecule has 1 aliphatic heterocycles. The number of fused-ring (bicyclic) bond motifs is 1. The number of pyridine rings is 1. The Kier molecular flexibility index (Phi) is 3.19. The number of carbonyl (C=O) groups is 1. The maximum absolute atomic E-state index is 13.9. The number of anilines is 1. The van der Waals surface area contributed by atoms with Gasteiger partial charge in [-0.3, -0.25) is 9.69 Å². The van der Waals surface area contributed by atoms with Gasteiger partial charge in [0.05, 0.1) is 13.7 Å². The van der Waals surface area contributed by atoms with Crippen LogP contribution >= 0.6 is 0 Å². The average Bonchev–Trinajstić information content (AvgIpc) is 3.31. The van der Waals surface area contributed by atoms with E-state index in [2.05, 4.69) is 9.72 Å². The first-order chi connectivity index (χ1) is 11.5. The van der Waals surface area contributed by atoms with Crippen molar-refractivity contribution < 1.29 is 23.0 Å². The maximum atomic E-state index is 13.9. The molecule has 0 bridgehead atoms. The van der Waals surface area contributed by atoms with E-state index in [0.717, 1.165) is 25.0 Å². The summed E-state index contributed by atoms with van der Waals surface area (Å²) in [5.74, 6) is -2.47. The van der Waals surface area contributed by atoms with E-state index in [1.165, 1.54) is 12.0 Å². The highest BCUT2D eigenvalue weighted by Crippen LogP contribution is 2.47. The van der Waals surface area contributed by atoms with Crippen LogP contribution in [0.15, 0.2) is 30.5 Å². The molecule has 0 atom stereocenters. The van der Waals surface area contributed by atoms with E-state index in [1.54, 1.807) is 18.3 Å². The third-order valence-corrected chi connectivity index (χ3v) is 4.30. The minimum atomic E-state index is -0.915. The summed E-state index contributed by atoms with van der Waals surface area (Å²) in [6, 6.07) is 5.35. The third kappa shape index (κ3) is 2.28. The topological polar surface area (TPSA) is 51.7 Å². The number of hydrogen-bond donors (Lipinski definition) is 0. The molecule has 0 N–H and O–H groups in total. The lowest BCUT2D eigenvalue weighted by atomic mass is 10.1. The number of hydrogen-bond acceptors (Lipinski definition) is 4. The van der Waals surface area contributed by atoms with Gasteiger partial charge in [-0.25, -0.2) is 13.8 Å². The monoisotopic (exact) mass is 332 g/mol. The van der Waals surface area contributed by atoms with Gasteiger partial charge in [0, 0.05) is 11.8 Å². The van der Waals surface area contributed by atoms with Gasteiger partial charge < -0.3 is 9.47 Å². The molecule has 2 heterocycles. The zero-order valence-corrected chi connectivity index (χ0v) is 12.9. The predicted octanol–water partition coefficient (Wildman–Crippen LogP) is 2.94. The van der Waals surface area contributed by atoms with Crippen LogP contribution in [-0.2, 0) is 0 Å². The lowest BCUT2D eigenvalue weighted by molar-refractivity contribution is 0.0937. The summed E-state index contributed by atoms with van der Waals surface area (Å²) >= 11 is 0. The van der Waals surface area contributed by atoms with Gasteiger partial charge in [-0.15, -0.1) is 0 Å². The van der Waals surface area contributed by atoms with E-state index in [0.29, 0.717) is 18.1 Å². The molecule has 7 heteroatoms. The lowest BCUT2D eigenvalue weighted by Gasteiger charge is -2.34. The molecule has 0 saturated heterocycles. The Hall–Kier alpha value is -2.70. The molecule has 24 heavy (non-hydrogen) atoms. The van der Waals surface area contributed by atoms with Crippen molar-refractivity contribution in [3.63, 3.8) is 0 Å². The summed E-state index contributed by atoms with van der Waals surface area (Å²) < 4.78 is 38.4. The van der Waals surface area contributed by atoms with Gasteiger partial charge in [-0.2, -0.15) is 0 Å². The Morgan fingerprint density at radius 2 is 2.04 bits per heavy atom. The molecule has 0 radical (unpaired) electrons. The Morgan fingerprint density at radius 1 is 1.33 bits per heavy atom. The smallest absolute Gasteiger partial charge is 0.258 e. The molecule has 1 spiro atoms. The first kappa shape index (κ1) is 14.9.